The first-order chi connectivity index (χ1) is 11.6. The predicted molar refractivity (Wildman–Crippen MR) is 99.6 cm³/mol. The van der Waals surface area contributed by atoms with Crippen LogP contribution in [0.2, 0.25) is 5.02 Å². The van der Waals surface area contributed by atoms with Gasteiger partial charge < -0.3 is 10.6 Å². The van der Waals surface area contributed by atoms with Crippen molar-refractivity contribution in [3.8, 4) is 0 Å². The van der Waals surface area contributed by atoms with E-state index in [1.54, 1.807) is 11.8 Å². The van der Waals surface area contributed by atoms with E-state index in [1.807, 2.05) is 42.5 Å². The second kappa shape index (κ2) is 7.73. The normalized spacial score (nSPS) is 13.1. The third-order valence-electron chi connectivity index (χ3n) is 3.70. The Labute approximate surface area is 150 Å². The van der Waals surface area contributed by atoms with Gasteiger partial charge in [-0.05, 0) is 47.9 Å². The van der Waals surface area contributed by atoms with Crippen LogP contribution in [0.4, 0.5) is 11.4 Å². The van der Waals surface area contributed by atoms with Crippen molar-refractivity contribution in [3.63, 3.8) is 0 Å². The number of fused-ring (bicyclic) bond motifs is 1. The molecule has 6 heteroatoms. The van der Waals surface area contributed by atoms with Crippen LogP contribution >= 0.6 is 23.4 Å². The minimum atomic E-state index is -0.0336. The van der Waals surface area contributed by atoms with Crippen molar-refractivity contribution in [3.05, 3.63) is 58.6 Å². The monoisotopic (exact) mass is 360 g/mol. The van der Waals surface area contributed by atoms with Crippen LogP contribution < -0.4 is 10.6 Å². The molecule has 0 aromatic heterocycles. The molecule has 24 heavy (non-hydrogen) atoms. The molecule has 0 atom stereocenters. The van der Waals surface area contributed by atoms with Crippen LogP contribution in [0.3, 0.4) is 0 Å². The number of nitrogens with one attached hydrogen (secondary N) is 2. The zero-order valence-electron chi connectivity index (χ0n) is 13.0. The van der Waals surface area contributed by atoms with Crippen molar-refractivity contribution in [2.75, 3.05) is 16.4 Å². The fourth-order valence-corrected chi connectivity index (χ4v) is 3.41. The number of hydrogen-bond acceptors (Lipinski definition) is 3. The number of aryl methyl sites for hydroxylation is 1. The van der Waals surface area contributed by atoms with E-state index in [0.717, 1.165) is 28.3 Å². The summed E-state index contributed by atoms with van der Waals surface area (Å²) in [6, 6.07) is 13.2. The molecule has 0 saturated heterocycles. The lowest BCUT2D eigenvalue weighted by Crippen LogP contribution is -2.19. The molecule has 0 unspecified atom stereocenters. The summed E-state index contributed by atoms with van der Waals surface area (Å²) in [6.45, 7) is 0. The first-order valence-corrected chi connectivity index (χ1v) is 9.18. The highest BCUT2D eigenvalue weighted by molar-refractivity contribution is 7.99. The van der Waals surface area contributed by atoms with Gasteiger partial charge in [-0.2, -0.15) is 0 Å². The number of hydrogen-bond donors (Lipinski definition) is 2. The SMILES string of the molecule is O=C(CSCc1ccc(Cl)cc1)Nc1ccc2c(c1)CCC(=O)N2. The van der Waals surface area contributed by atoms with Gasteiger partial charge in [0.2, 0.25) is 11.8 Å². The Bertz CT molecular complexity index is 762. The summed E-state index contributed by atoms with van der Waals surface area (Å²) in [5.74, 6) is 1.16. The summed E-state index contributed by atoms with van der Waals surface area (Å²) in [6.07, 6.45) is 1.19. The molecular formula is C18H17ClN2O2S. The van der Waals surface area contributed by atoms with Gasteiger partial charge in [0.05, 0.1) is 5.75 Å². The summed E-state index contributed by atoms with van der Waals surface area (Å²) < 4.78 is 0. The summed E-state index contributed by atoms with van der Waals surface area (Å²) in [5, 5.41) is 6.45. The van der Waals surface area contributed by atoms with Crippen molar-refractivity contribution < 1.29 is 9.59 Å². The number of carbonyl (C=O) groups is 2. The average Bonchev–Trinajstić information content (AvgIpc) is 2.57. The Morgan fingerprint density at radius 2 is 1.96 bits per heavy atom. The zero-order valence-corrected chi connectivity index (χ0v) is 14.5. The van der Waals surface area contributed by atoms with Crippen LogP contribution in [0.25, 0.3) is 0 Å². The Morgan fingerprint density at radius 1 is 1.17 bits per heavy atom. The Morgan fingerprint density at radius 3 is 2.75 bits per heavy atom. The molecule has 1 aliphatic heterocycles. The minimum Gasteiger partial charge on any atom is -0.326 e. The number of benzene rings is 2. The Balaban J connectivity index is 1.50. The molecule has 0 saturated carbocycles. The van der Waals surface area contributed by atoms with Gasteiger partial charge in [-0.1, -0.05) is 23.7 Å². The molecule has 0 spiro atoms. The van der Waals surface area contributed by atoms with Gasteiger partial charge in [-0.25, -0.2) is 0 Å². The number of amides is 2. The molecule has 3 rings (SSSR count). The zero-order chi connectivity index (χ0) is 16.9. The minimum absolute atomic E-state index is 0.0336. The molecule has 1 heterocycles. The second-order valence-corrected chi connectivity index (χ2v) is 7.01. The van der Waals surface area contributed by atoms with Crippen LogP contribution in [0.5, 0.6) is 0 Å². The van der Waals surface area contributed by atoms with Crippen molar-refractivity contribution >= 4 is 46.6 Å². The third-order valence-corrected chi connectivity index (χ3v) is 4.96. The maximum Gasteiger partial charge on any atom is 0.234 e. The van der Waals surface area contributed by atoms with Gasteiger partial charge in [0.25, 0.3) is 0 Å². The van der Waals surface area contributed by atoms with Gasteiger partial charge in [0, 0.05) is 28.6 Å². The maximum atomic E-state index is 12.1. The van der Waals surface area contributed by atoms with Crippen LogP contribution in [0.1, 0.15) is 17.5 Å². The van der Waals surface area contributed by atoms with Gasteiger partial charge in [0.15, 0.2) is 0 Å². The van der Waals surface area contributed by atoms with E-state index in [2.05, 4.69) is 10.6 Å². The highest BCUT2D eigenvalue weighted by Gasteiger charge is 2.15. The van der Waals surface area contributed by atoms with E-state index < -0.39 is 0 Å². The van der Waals surface area contributed by atoms with E-state index in [4.69, 9.17) is 11.6 Å². The number of thioether (sulfide) groups is 1. The molecule has 4 nitrogen and oxygen atoms in total. The van der Waals surface area contributed by atoms with Crippen molar-refractivity contribution in [2.45, 2.75) is 18.6 Å². The van der Waals surface area contributed by atoms with Crippen LogP contribution in [-0.2, 0) is 21.8 Å². The molecular weight excluding hydrogens is 344 g/mol. The standard InChI is InChI=1S/C18H17ClN2O2S/c19-14-4-1-12(2-5-14)10-24-11-18(23)20-15-6-7-16-13(9-15)3-8-17(22)21-16/h1-2,4-7,9H,3,8,10-11H2,(H,20,23)(H,21,22). The molecule has 124 valence electrons. The third kappa shape index (κ3) is 4.52. The van der Waals surface area contributed by atoms with E-state index in [-0.39, 0.29) is 11.8 Å². The molecule has 2 aromatic rings. The molecule has 2 amide bonds. The fraction of sp³-hybridized carbons (Fsp3) is 0.222. The number of halogens is 1. The predicted octanol–water partition coefficient (Wildman–Crippen LogP) is 4.10. The number of carbonyl (C=O) groups excluding carboxylic acids is 2. The summed E-state index contributed by atoms with van der Waals surface area (Å²) in [4.78, 5) is 23.4. The van der Waals surface area contributed by atoms with E-state index in [1.165, 1.54) is 0 Å². The largest absolute Gasteiger partial charge is 0.326 e. The van der Waals surface area contributed by atoms with E-state index in [9.17, 15) is 9.59 Å². The van der Waals surface area contributed by atoms with E-state index >= 15 is 0 Å². The lowest BCUT2D eigenvalue weighted by molar-refractivity contribution is -0.116. The van der Waals surface area contributed by atoms with Gasteiger partial charge in [-0.3, -0.25) is 9.59 Å². The van der Waals surface area contributed by atoms with Crippen LogP contribution in [0, 0.1) is 0 Å². The lowest BCUT2D eigenvalue weighted by atomic mass is 10.0. The highest BCUT2D eigenvalue weighted by Crippen LogP contribution is 2.25. The first kappa shape index (κ1) is 16.9. The van der Waals surface area contributed by atoms with Crippen molar-refractivity contribution in [1.82, 2.24) is 0 Å². The van der Waals surface area contributed by atoms with Gasteiger partial charge >= 0.3 is 0 Å². The maximum absolute atomic E-state index is 12.1. The molecule has 0 radical (unpaired) electrons. The molecule has 0 fully saturated rings. The van der Waals surface area contributed by atoms with Gasteiger partial charge in [0.1, 0.15) is 0 Å². The summed E-state index contributed by atoms with van der Waals surface area (Å²) >= 11 is 7.41. The van der Waals surface area contributed by atoms with Crippen molar-refractivity contribution in [1.29, 1.82) is 0 Å². The molecule has 0 aliphatic carbocycles. The average molecular weight is 361 g/mol. The highest BCUT2D eigenvalue weighted by atomic mass is 35.5. The van der Waals surface area contributed by atoms with Crippen LogP contribution in [-0.4, -0.2) is 17.6 Å². The quantitative estimate of drug-likeness (QED) is 0.844. The first-order valence-electron chi connectivity index (χ1n) is 7.65. The molecule has 2 aromatic carbocycles. The lowest BCUT2D eigenvalue weighted by Gasteiger charge is -2.17. The molecule has 2 N–H and O–H groups in total. The van der Waals surface area contributed by atoms with Crippen molar-refractivity contribution in [2.24, 2.45) is 0 Å². The summed E-state index contributed by atoms with van der Waals surface area (Å²) in [5.41, 5.74) is 3.80. The Hall–Kier alpha value is -1.98. The smallest absolute Gasteiger partial charge is 0.234 e. The molecule has 0 bridgehead atoms. The topological polar surface area (TPSA) is 58.2 Å². The number of anilines is 2. The van der Waals surface area contributed by atoms with Gasteiger partial charge in [-0.15, -0.1) is 11.8 Å². The second-order valence-electron chi connectivity index (χ2n) is 5.59. The van der Waals surface area contributed by atoms with Crippen LogP contribution in [0.15, 0.2) is 42.5 Å². The Kier molecular flexibility index (Phi) is 5.43. The fourth-order valence-electron chi connectivity index (χ4n) is 2.50. The molecule has 1 aliphatic rings. The summed E-state index contributed by atoms with van der Waals surface area (Å²) in [7, 11) is 0. The number of rotatable bonds is 5. The van der Waals surface area contributed by atoms with E-state index in [0.29, 0.717) is 23.6 Å².